The second kappa shape index (κ2) is 4.94. The lowest BCUT2D eigenvalue weighted by Gasteiger charge is -2.23. The van der Waals surface area contributed by atoms with Gasteiger partial charge in [0.1, 0.15) is 0 Å². The molecule has 0 amide bonds. The highest BCUT2D eigenvalue weighted by Crippen LogP contribution is 2.45. The minimum absolute atomic E-state index is 0.686. The van der Waals surface area contributed by atoms with Crippen molar-refractivity contribution in [1.29, 1.82) is 0 Å². The highest BCUT2D eigenvalue weighted by atomic mass is 15.2. The fourth-order valence-electron chi connectivity index (χ4n) is 3.75. The van der Waals surface area contributed by atoms with E-state index in [1.54, 1.807) is 0 Å². The summed E-state index contributed by atoms with van der Waals surface area (Å²) in [4.78, 5) is 4.66. The van der Waals surface area contributed by atoms with Crippen molar-refractivity contribution in [2.24, 2.45) is 11.8 Å². The molecule has 1 aromatic rings. The SMILES string of the molecule is CCCCn1cc(C)nc1NC1CC2CCC1C2. The first-order valence-corrected chi connectivity index (χ1v) is 7.56. The molecule has 2 aliphatic rings. The van der Waals surface area contributed by atoms with E-state index in [4.69, 9.17) is 0 Å². The molecule has 2 bridgehead atoms. The zero-order chi connectivity index (χ0) is 12.5. The molecule has 3 unspecified atom stereocenters. The normalized spacial score (nSPS) is 30.0. The fraction of sp³-hybridized carbons (Fsp3) is 0.800. The third-order valence-corrected chi connectivity index (χ3v) is 4.70. The van der Waals surface area contributed by atoms with Crippen molar-refractivity contribution in [3.63, 3.8) is 0 Å². The van der Waals surface area contributed by atoms with Crippen LogP contribution in [0.3, 0.4) is 0 Å². The summed E-state index contributed by atoms with van der Waals surface area (Å²) in [6, 6.07) is 0.686. The first kappa shape index (κ1) is 12.1. The summed E-state index contributed by atoms with van der Waals surface area (Å²) >= 11 is 0. The van der Waals surface area contributed by atoms with Gasteiger partial charge < -0.3 is 9.88 Å². The Balaban J connectivity index is 1.68. The van der Waals surface area contributed by atoms with Crippen LogP contribution in [0.4, 0.5) is 5.95 Å². The second-order valence-electron chi connectivity index (χ2n) is 6.18. The maximum atomic E-state index is 4.66. The van der Waals surface area contributed by atoms with Gasteiger partial charge >= 0.3 is 0 Å². The molecular formula is C15H25N3. The summed E-state index contributed by atoms with van der Waals surface area (Å²) in [5, 5.41) is 3.72. The number of unbranched alkanes of at least 4 members (excludes halogenated alkanes) is 1. The van der Waals surface area contributed by atoms with E-state index in [1.165, 1.54) is 38.5 Å². The van der Waals surface area contributed by atoms with Gasteiger partial charge in [0.2, 0.25) is 5.95 Å². The summed E-state index contributed by atoms with van der Waals surface area (Å²) in [6.07, 6.45) is 10.4. The van der Waals surface area contributed by atoms with Crippen LogP contribution in [0, 0.1) is 18.8 Å². The number of nitrogens with one attached hydrogen (secondary N) is 1. The van der Waals surface area contributed by atoms with Crippen LogP contribution in [0.5, 0.6) is 0 Å². The molecule has 2 aliphatic carbocycles. The van der Waals surface area contributed by atoms with Crippen LogP contribution in [-0.4, -0.2) is 15.6 Å². The summed E-state index contributed by atoms with van der Waals surface area (Å²) < 4.78 is 2.31. The van der Waals surface area contributed by atoms with Crippen LogP contribution < -0.4 is 5.32 Å². The zero-order valence-corrected chi connectivity index (χ0v) is 11.7. The monoisotopic (exact) mass is 247 g/mol. The van der Waals surface area contributed by atoms with Gasteiger partial charge in [0, 0.05) is 18.8 Å². The number of nitrogens with zero attached hydrogens (tertiary/aromatic N) is 2. The van der Waals surface area contributed by atoms with Gasteiger partial charge in [0.05, 0.1) is 5.69 Å². The van der Waals surface area contributed by atoms with Gasteiger partial charge in [-0.15, -0.1) is 0 Å². The predicted molar refractivity (Wildman–Crippen MR) is 74.7 cm³/mol. The first-order valence-electron chi connectivity index (χ1n) is 7.56. The largest absolute Gasteiger partial charge is 0.353 e. The van der Waals surface area contributed by atoms with Crippen molar-refractivity contribution in [3.05, 3.63) is 11.9 Å². The summed E-state index contributed by atoms with van der Waals surface area (Å²) in [5.74, 6) is 3.01. The van der Waals surface area contributed by atoms with Gasteiger partial charge in [-0.25, -0.2) is 4.98 Å². The summed E-state index contributed by atoms with van der Waals surface area (Å²) in [6.45, 7) is 5.43. The lowest BCUT2D eigenvalue weighted by molar-refractivity contribution is 0.436. The van der Waals surface area contributed by atoms with E-state index in [0.717, 1.165) is 30.0 Å². The number of fused-ring (bicyclic) bond motifs is 2. The number of aryl methyl sites for hydroxylation is 2. The van der Waals surface area contributed by atoms with E-state index < -0.39 is 0 Å². The number of anilines is 1. The molecule has 2 saturated carbocycles. The Morgan fingerprint density at radius 1 is 1.39 bits per heavy atom. The van der Waals surface area contributed by atoms with Gasteiger partial charge in [0.15, 0.2) is 0 Å². The Hall–Kier alpha value is -0.990. The minimum Gasteiger partial charge on any atom is -0.353 e. The molecule has 18 heavy (non-hydrogen) atoms. The molecule has 3 heteroatoms. The predicted octanol–water partition coefficient (Wildman–Crippen LogP) is 3.59. The van der Waals surface area contributed by atoms with Crippen molar-refractivity contribution >= 4 is 5.95 Å². The molecule has 100 valence electrons. The standard InChI is InChI=1S/C15H25N3/c1-3-4-7-18-10-11(2)16-15(18)17-14-9-12-5-6-13(14)8-12/h10,12-14H,3-9H2,1-2H3,(H,16,17). The van der Waals surface area contributed by atoms with Crippen LogP contribution in [0.1, 0.15) is 51.1 Å². The second-order valence-corrected chi connectivity index (χ2v) is 6.18. The third kappa shape index (κ3) is 2.27. The molecule has 3 nitrogen and oxygen atoms in total. The zero-order valence-electron chi connectivity index (χ0n) is 11.7. The van der Waals surface area contributed by atoms with Crippen molar-refractivity contribution < 1.29 is 0 Å². The molecule has 0 aromatic carbocycles. The number of hydrogen-bond donors (Lipinski definition) is 1. The van der Waals surface area contributed by atoms with E-state index in [0.29, 0.717) is 6.04 Å². The molecule has 0 radical (unpaired) electrons. The van der Waals surface area contributed by atoms with E-state index in [-0.39, 0.29) is 0 Å². The smallest absolute Gasteiger partial charge is 0.203 e. The van der Waals surface area contributed by atoms with Gasteiger partial charge in [-0.1, -0.05) is 19.8 Å². The molecule has 1 N–H and O–H groups in total. The van der Waals surface area contributed by atoms with Crippen LogP contribution >= 0.6 is 0 Å². The van der Waals surface area contributed by atoms with Gasteiger partial charge in [-0.3, -0.25) is 0 Å². The lowest BCUT2D eigenvalue weighted by Crippen LogP contribution is -2.27. The Morgan fingerprint density at radius 3 is 2.94 bits per heavy atom. The maximum absolute atomic E-state index is 4.66. The van der Waals surface area contributed by atoms with Gasteiger partial charge in [-0.05, 0) is 44.4 Å². The van der Waals surface area contributed by atoms with E-state index in [1.807, 2.05) is 0 Å². The molecule has 3 rings (SSSR count). The van der Waals surface area contributed by atoms with Crippen LogP contribution in [0.15, 0.2) is 6.20 Å². The van der Waals surface area contributed by atoms with Crippen LogP contribution in [0.2, 0.25) is 0 Å². The molecule has 1 aromatic heterocycles. The number of imidazole rings is 1. The fourth-order valence-corrected chi connectivity index (χ4v) is 3.75. The van der Waals surface area contributed by atoms with Crippen LogP contribution in [-0.2, 0) is 6.54 Å². The molecular weight excluding hydrogens is 222 g/mol. The quantitative estimate of drug-likeness (QED) is 0.861. The molecule has 0 saturated heterocycles. The maximum Gasteiger partial charge on any atom is 0.203 e. The third-order valence-electron chi connectivity index (χ3n) is 4.70. The molecule has 1 heterocycles. The van der Waals surface area contributed by atoms with Gasteiger partial charge in [-0.2, -0.15) is 0 Å². The van der Waals surface area contributed by atoms with E-state index >= 15 is 0 Å². The Bertz CT molecular complexity index is 410. The average molecular weight is 247 g/mol. The molecule has 0 spiro atoms. The Morgan fingerprint density at radius 2 is 2.28 bits per heavy atom. The highest BCUT2D eigenvalue weighted by Gasteiger charge is 2.39. The van der Waals surface area contributed by atoms with Gasteiger partial charge in [0.25, 0.3) is 0 Å². The Labute approximate surface area is 110 Å². The number of aromatic nitrogens is 2. The molecule has 3 atom stereocenters. The number of hydrogen-bond acceptors (Lipinski definition) is 2. The Kier molecular flexibility index (Phi) is 3.31. The van der Waals surface area contributed by atoms with Crippen molar-refractivity contribution in [2.45, 2.75) is 65.0 Å². The topological polar surface area (TPSA) is 29.9 Å². The summed E-state index contributed by atoms with van der Waals surface area (Å²) in [7, 11) is 0. The summed E-state index contributed by atoms with van der Waals surface area (Å²) in [5.41, 5.74) is 1.14. The van der Waals surface area contributed by atoms with Crippen molar-refractivity contribution in [1.82, 2.24) is 9.55 Å². The van der Waals surface area contributed by atoms with Crippen molar-refractivity contribution in [3.8, 4) is 0 Å². The minimum atomic E-state index is 0.686. The lowest BCUT2D eigenvalue weighted by atomic mass is 9.95. The van der Waals surface area contributed by atoms with E-state index in [2.05, 4.69) is 34.9 Å². The molecule has 2 fully saturated rings. The van der Waals surface area contributed by atoms with Crippen LogP contribution in [0.25, 0.3) is 0 Å². The van der Waals surface area contributed by atoms with Crippen molar-refractivity contribution in [2.75, 3.05) is 5.32 Å². The molecule has 0 aliphatic heterocycles. The first-order chi connectivity index (χ1) is 8.76. The average Bonchev–Trinajstić information content (AvgIpc) is 3.02. The number of rotatable bonds is 5. The highest BCUT2D eigenvalue weighted by molar-refractivity contribution is 5.31. The van der Waals surface area contributed by atoms with E-state index in [9.17, 15) is 0 Å².